The molecule has 5 heteroatoms. The van der Waals surface area contributed by atoms with Gasteiger partial charge in [-0.3, -0.25) is 4.79 Å². The molecule has 1 saturated heterocycles. The number of nitrogens with one attached hydrogen (secondary N) is 1. The van der Waals surface area contributed by atoms with Crippen LogP contribution in [0.4, 0.5) is 5.82 Å². The van der Waals surface area contributed by atoms with Gasteiger partial charge in [-0.15, -0.1) is 0 Å². The van der Waals surface area contributed by atoms with Crippen molar-refractivity contribution in [2.75, 3.05) is 18.0 Å². The van der Waals surface area contributed by atoms with Crippen LogP contribution < -0.4 is 15.8 Å². The lowest BCUT2D eigenvalue weighted by Gasteiger charge is -2.36. The molecule has 1 aliphatic heterocycles. The fourth-order valence-corrected chi connectivity index (χ4v) is 2.75. The van der Waals surface area contributed by atoms with Crippen molar-refractivity contribution in [1.29, 1.82) is 0 Å². The highest BCUT2D eigenvalue weighted by atomic mass is 16.1. The Labute approximate surface area is 121 Å². The molecule has 1 fully saturated rings. The van der Waals surface area contributed by atoms with Gasteiger partial charge < -0.3 is 14.8 Å². The molecule has 0 radical (unpaired) electrons. The summed E-state index contributed by atoms with van der Waals surface area (Å²) in [5, 5.41) is 3.48. The van der Waals surface area contributed by atoms with Gasteiger partial charge in [0.15, 0.2) is 5.82 Å². The maximum atomic E-state index is 12.4. The summed E-state index contributed by atoms with van der Waals surface area (Å²) in [5.74, 6) is 0.615. The van der Waals surface area contributed by atoms with Gasteiger partial charge in [0.05, 0.1) is 0 Å². The van der Waals surface area contributed by atoms with Gasteiger partial charge in [0, 0.05) is 44.1 Å². The predicted octanol–water partition coefficient (Wildman–Crippen LogP) is 1.62. The molecule has 0 spiro atoms. The van der Waals surface area contributed by atoms with E-state index < -0.39 is 0 Å². The second kappa shape index (κ2) is 6.88. The quantitative estimate of drug-likeness (QED) is 0.889. The second-order valence-corrected chi connectivity index (χ2v) is 5.75. The molecular formula is C15H26N4O. The first-order chi connectivity index (χ1) is 9.63. The van der Waals surface area contributed by atoms with Crippen LogP contribution in [-0.4, -0.2) is 34.7 Å². The monoisotopic (exact) mass is 278 g/mol. The molecular weight excluding hydrogens is 252 g/mol. The molecule has 1 atom stereocenters. The van der Waals surface area contributed by atoms with E-state index >= 15 is 0 Å². The molecule has 5 nitrogen and oxygen atoms in total. The van der Waals surface area contributed by atoms with Crippen LogP contribution in [0, 0.1) is 0 Å². The Morgan fingerprint density at radius 1 is 1.45 bits per heavy atom. The Hall–Kier alpha value is -1.36. The van der Waals surface area contributed by atoms with E-state index in [1.807, 2.05) is 6.92 Å². The molecule has 0 saturated carbocycles. The van der Waals surface area contributed by atoms with E-state index in [0.29, 0.717) is 24.4 Å². The van der Waals surface area contributed by atoms with E-state index in [4.69, 9.17) is 0 Å². The third-order valence-electron chi connectivity index (χ3n) is 3.90. The first kappa shape index (κ1) is 15.0. The van der Waals surface area contributed by atoms with Crippen LogP contribution in [0.2, 0.25) is 0 Å². The topological polar surface area (TPSA) is 50.2 Å². The number of hydrogen-bond acceptors (Lipinski definition) is 4. The average Bonchev–Trinajstić information content (AvgIpc) is 2.46. The average molecular weight is 278 g/mol. The standard InChI is InChI=1S/C15H26N4O/c1-4-18-10-8-16-14(15(18)20)19-9-6-5-7-13(19)11-17-12(2)3/h8,10,12-13,17H,4-7,9,11H2,1-3H3. The molecule has 0 amide bonds. The maximum absolute atomic E-state index is 12.4. The number of aryl methyl sites for hydroxylation is 1. The zero-order chi connectivity index (χ0) is 14.5. The van der Waals surface area contributed by atoms with Gasteiger partial charge in [0.1, 0.15) is 0 Å². The Morgan fingerprint density at radius 3 is 2.95 bits per heavy atom. The zero-order valence-corrected chi connectivity index (χ0v) is 12.8. The molecule has 1 aliphatic rings. The zero-order valence-electron chi connectivity index (χ0n) is 12.8. The molecule has 1 aromatic heterocycles. The lowest BCUT2D eigenvalue weighted by Crippen LogP contribution is -2.49. The van der Waals surface area contributed by atoms with Crippen molar-refractivity contribution >= 4 is 5.82 Å². The normalized spacial score (nSPS) is 19.6. The van der Waals surface area contributed by atoms with Gasteiger partial charge in [-0.25, -0.2) is 4.98 Å². The highest BCUT2D eigenvalue weighted by Gasteiger charge is 2.25. The van der Waals surface area contributed by atoms with Crippen LogP contribution in [0.1, 0.15) is 40.0 Å². The predicted molar refractivity (Wildman–Crippen MR) is 82.3 cm³/mol. The summed E-state index contributed by atoms with van der Waals surface area (Å²) in [6.45, 7) is 8.83. The largest absolute Gasteiger partial charge is 0.348 e. The SMILES string of the molecule is CCn1ccnc(N2CCCCC2CNC(C)C)c1=O. The molecule has 112 valence electrons. The summed E-state index contributed by atoms with van der Waals surface area (Å²) in [4.78, 5) is 19.0. The fourth-order valence-electron chi connectivity index (χ4n) is 2.75. The van der Waals surface area contributed by atoms with Crippen molar-refractivity contribution < 1.29 is 0 Å². The van der Waals surface area contributed by atoms with Gasteiger partial charge >= 0.3 is 0 Å². The third kappa shape index (κ3) is 3.39. The van der Waals surface area contributed by atoms with Crippen LogP contribution in [0.3, 0.4) is 0 Å². The van der Waals surface area contributed by atoms with E-state index in [2.05, 4.69) is 29.0 Å². The fraction of sp³-hybridized carbons (Fsp3) is 0.733. The van der Waals surface area contributed by atoms with Crippen LogP contribution in [0.5, 0.6) is 0 Å². The Kier molecular flexibility index (Phi) is 5.17. The van der Waals surface area contributed by atoms with Crippen molar-refractivity contribution in [3.05, 3.63) is 22.7 Å². The molecule has 0 aliphatic carbocycles. The summed E-state index contributed by atoms with van der Waals surface area (Å²) in [6.07, 6.45) is 7.00. The Morgan fingerprint density at radius 2 is 2.25 bits per heavy atom. The van der Waals surface area contributed by atoms with E-state index in [0.717, 1.165) is 25.9 Å². The van der Waals surface area contributed by atoms with E-state index in [1.54, 1.807) is 17.0 Å². The third-order valence-corrected chi connectivity index (χ3v) is 3.90. The number of anilines is 1. The summed E-state index contributed by atoms with van der Waals surface area (Å²) in [6, 6.07) is 0.842. The summed E-state index contributed by atoms with van der Waals surface area (Å²) in [5.41, 5.74) is 0.0337. The lowest BCUT2D eigenvalue weighted by molar-refractivity contribution is 0.417. The van der Waals surface area contributed by atoms with Crippen molar-refractivity contribution in [1.82, 2.24) is 14.9 Å². The van der Waals surface area contributed by atoms with Crippen molar-refractivity contribution in [2.24, 2.45) is 0 Å². The number of hydrogen-bond donors (Lipinski definition) is 1. The molecule has 1 aromatic rings. The number of aromatic nitrogens is 2. The first-order valence-corrected chi connectivity index (χ1v) is 7.69. The minimum atomic E-state index is 0.0337. The second-order valence-electron chi connectivity index (χ2n) is 5.75. The van der Waals surface area contributed by atoms with E-state index in [1.165, 1.54) is 6.42 Å². The highest BCUT2D eigenvalue weighted by molar-refractivity contribution is 5.38. The molecule has 0 bridgehead atoms. The number of piperidine rings is 1. The van der Waals surface area contributed by atoms with Crippen LogP contribution in [-0.2, 0) is 6.54 Å². The van der Waals surface area contributed by atoms with Gasteiger partial charge in [-0.1, -0.05) is 13.8 Å². The van der Waals surface area contributed by atoms with Gasteiger partial charge in [0.25, 0.3) is 5.56 Å². The minimum absolute atomic E-state index is 0.0337. The van der Waals surface area contributed by atoms with E-state index in [9.17, 15) is 4.79 Å². The number of rotatable bonds is 5. The highest BCUT2D eigenvalue weighted by Crippen LogP contribution is 2.20. The van der Waals surface area contributed by atoms with Crippen molar-refractivity contribution in [3.8, 4) is 0 Å². The van der Waals surface area contributed by atoms with Crippen molar-refractivity contribution in [3.63, 3.8) is 0 Å². The minimum Gasteiger partial charge on any atom is -0.348 e. The van der Waals surface area contributed by atoms with E-state index in [-0.39, 0.29) is 5.56 Å². The van der Waals surface area contributed by atoms with Crippen LogP contribution in [0.15, 0.2) is 17.2 Å². The first-order valence-electron chi connectivity index (χ1n) is 7.69. The summed E-state index contributed by atoms with van der Waals surface area (Å²) >= 11 is 0. The van der Waals surface area contributed by atoms with Gasteiger partial charge in [-0.2, -0.15) is 0 Å². The molecule has 2 heterocycles. The Balaban J connectivity index is 2.21. The van der Waals surface area contributed by atoms with Gasteiger partial charge in [-0.05, 0) is 26.2 Å². The molecule has 1 N–H and O–H groups in total. The van der Waals surface area contributed by atoms with Crippen LogP contribution >= 0.6 is 0 Å². The molecule has 1 unspecified atom stereocenters. The lowest BCUT2D eigenvalue weighted by atomic mass is 10.0. The molecule has 2 rings (SSSR count). The van der Waals surface area contributed by atoms with Crippen LogP contribution in [0.25, 0.3) is 0 Å². The smallest absolute Gasteiger partial charge is 0.293 e. The Bertz CT molecular complexity index is 483. The molecule has 20 heavy (non-hydrogen) atoms. The maximum Gasteiger partial charge on any atom is 0.293 e. The van der Waals surface area contributed by atoms with Crippen molar-refractivity contribution in [2.45, 2.75) is 58.7 Å². The molecule has 0 aromatic carbocycles. The number of nitrogens with zero attached hydrogens (tertiary/aromatic N) is 3. The van der Waals surface area contributed by atoms with Gasteiger partial charge in [0.2, 0.25) is 0 Å². The summed E-state index contributed by atoms with van der Waals surface area (Å²) in [7, 11) is 0. The summed E-state index contributed by atoms with van der Waals surface area (Å²) < 4.78 is 1.73.